The molecule has 3 aromatic carbocycles. The summed E-state index contributed by atoms with van der Waals surface area (Å²) >= 11 is 12.1. The van der Waals surface area contributed by atoms with E-state index in [1.165, 1.54) is 0 Å². The third-order valence-electron chi connectivity index (χ3n) is 4.53. The van der Waals surface area contributed by atoms with Crippen LogP contribution in [-0.2, 0) is 13.2 Å². The summed E-state index contributed by atoms with van der Waals surface area (Å²) in [6.07, 6.45) is 0. The van der Waals surface area contributed by atoms with Gasteiger partial charge in [-0.05, 0) is 67.1 Å². The minimum atomic E-state index is -0.222. The van der Waals surface area contributed by atoms with Crippen molar-refractivity contribution in [2.75, 3.05) is 13.7 Å². The van der Waals surface area contributed by atoms with Crippen LogP contribution in [0.5, 0.6) is 17.2 Å². The van der Waals surface area contributed by atoms with Gasteiger partial charge in [-0.25, -0.2) is 0 Å². The quantitative estimate of drug-likeness (QED) is 0.432. The number of carbonyl (C=O) groups excluding carboxylic acids is 1. The summed E-state index contributed by atoms with van der Waals surface area (Å²) < 4.78 is 16.7. The van der Waals surface area contributed by atoms with Crippen LogP contribution in [0.2, 0.25) is 10.0 Å². The Morgan fingerprint density at radius 2 is 1.65 bits per heavy atom. The second kappa shape index (κ2) is 10.9. The Labute approximate surface area is 191 Å². The lowest BCUT2D eigenvalue weighted by molar-refractivity contribution is 0.0950. The molecule has 0 aliphatic heterocycles. The average Bonchev–Trinajstić information content (AvgIpc) is 2.78. The highest BCUT2D eigenvalue weighted by atomic mass is 35.5. The standard InChI is InChI=1S/C24H23Cl2NO4/c1-3-30-23-11-5-16(24(28)27-14-17-4-6-19(25)13-22(17)26)12-18(23)15-31-21-9-7-20(29-2)8-10-21/h4-13H,3,14-15H2,1-2H3,(H,27,28). The molecule has 0 spiro atoms. The Kier molecular flexibility index (Phi) is 8.04. The highest BCUT2D eigenvalue weighted by Crippen LogP contribution is 2.25. The summed E-state index contributed by atoms with van der Waals surface area (Å²) in [7, 11) is 1.61. The zero-order valence-electron chi connectivity index (χ0n) is 17.3. The van der Waals surface area contributed by atoms with Gasteiger partial charge in [-0.15, -0.1) is 0 Å². The number of hydrogen-bond donors (Lipinski definition) is 1. The molecule has 31 heavy (non-hydrogen) atoms. The predicted molar refractivity (Wildman–Crippen MR) is 123 cm³/mol. The van der Waals surface area contributed by atoms with Gasteiger partial charge in [0.25, 0.3) is 5.91 Å². The van der Waals surface area contributed by atoms with E-state index < -0.39 is 0 Å². The van der Waals surface area contributed by atoms with Crippen LogP contribution >= 0.6 is 23.2 Å². The zero-order valence-corrected chi connectivity index (χ0v) is 18.8. The second-order valence-corrected chi connectivity index (χ2v) is 7.48. The molecule has 3 rings (SSSR count). The van der Waals surface area contributed by atoms with E-state index in [2.05, 4.69) is 5.32 Å². The smallest absolute Gasteiger partial charge is 0.251 e. The summed E-state index contributed by atoms with van der Waals surface area (Å²) in [4.78, 5) is 12.7. The van der Waals surface area contributed by atoms with Crippen molar-refractivity contribution in [3.63, 3.8) is 0 Å². The number of ether oxygens (including phenoxy) is 3. The van der Waals surface area contributed by atoms with Gasteiger partial charge < -0.3 is 19.5 Å². The van der Waals surface area contributed by atoms with Gasteiger partial charge in [-0.3, -0.25) is 4.79 Å². The molecule has 5 nitrogen and oxygen atoms in total. The number of nitrogens with one attached hydrogen (secondary N) is 1. The Bertz CT molecular complexity index is 1040. The first-order chi connectivity index (χ1) is 15.0. The maximum atomic E-state index is 12.7. The monoisotopic (exact) mass is 459 g/mol. The largest absolute Gasteiger partial charge is 0.497 e. The average molecular weight is 460 g/mol. The predicted octanol–water partition coefficient (Wildman–Crippen LogP) is 5.91. The van der Waals surface area contributed by atoms with E-state index in [0.29, 0.717) is 40.3 Å². The minimum absolute atomic E-state index is 0.222. The normalized spacial score (nSPS) is 10.5. The number of rotatable bonds is 9. The van der Waals surface area contributed by atoms with Crippen LogP contribution in [0, 0.1) is 0 Å². The number of halogens is 2. The van der Waals surface area contributed by atoms with Crippen molar-refractivity contribution in [1.29, 1.82) is 0 Å². The van der Waals surface area contributed by atoms with E-state index in [1.807, 2.05) is 31.2 Å². The van der Waals surface area contributed by atoms with Gasteiger partial charge in [0, 0.05) is 27.7 Å². The molecule has 1 N–H and O–H groups in total. The van der Waals surface area contributed by atoms with E-state index in [-0.39, 0.29) is 12.5 Å². The SMILES string of the molecule is CCOc1ccc(C(=O)NCc2ccc(Cl)cc2Cl)cc1COc1ccc(OC)cc1. The van der Waals surface area contributed by atoms with Gasteiger partial charge >= 0.3 is 0 Å². The van der Waals surface area contributed by atoms with Crippen molar-refractivity contribution in [1.82, 2.24) is 5.32 Å². The maximum absolute atomic E-state index is 12.7. The molecule has 0 aliphatic rings. The topological polar surface area (TPSA) is 56.8 Å². The highest BCUT2D eigenvalue weighted by Gasteiger charge is 2.12. The number of benzene rings is 3. The van der Waals surface area contributed by atoms with Gasteiger partial charge in [-0.2, -0.15) is 0 Å². The summed E-state index contributed by atoms with van der Waals surface area (Å²) in [6, 6.07) is 17.7. The molecule has 0 saturated carbocycles. The molecule has 0 heterocycles. The van der Waals surface area contributed by atoms with E-state index in [4.69, 9.17) is 37.4 Å². The molecule has 3 aromatic rings. The fourth-order valence-electron chi connectivity index (χ4n) is 2.91. The van der Waals surface area contributed by atoms with Gasteiger partial charge in [0.2, 0.25) is 0 Å². The number of amides is 1. The minimum Gasteiger partial charge on any atom is -0.497 e. The fraction of sp³-hybridized carbons (Fsp3) is 0.208. The van der Waals surface area contributed by atoms with Crippen LogP contribution in [0.1, 0.15) is 28.4 Å². The summed E-state index contributed by atoms with van der Waals surface area (Å²) in [6.45, 7) is 2.96. The van der Waals surface area contributed by atoms with E-state index in [9.17, 15) is 4.79 Å². The second-order valence-electron chi connectivity index (χ2n) is 6.64. The maximum Gasteiger partial charge on any atom is 0.251 e. The van der Waals surface area contributed by atoms with Crippen LogP contribution in [0.25, 0.3) is 0 Å². The molecule has 7 heteroatoms. The summed E-state index contributed by atoms with van der Waals surface area (Å²) in [5.41, 5.74) is 2.06. The van der Waals surface area contributed by atoms with Crippen molar-refractivity contribution in [2.45, 2.75) is 20.1 Å². The van der Waals surface area contributed by atoms with Gasteiger partial charge in [0.05, 0.1) is 13.7 Å². The third-order valence-corrected chi connectivity index (χ3v) is 5.12. The number of methoxy groups -OCH3 is 1. The number of hydrogen-bond acceptors (Lipinski definition) is 4. The lowest BCUT2D eigenvalue weighted by Gasteiger charge is -2.14. The molecule has 0 aliphatic carbocycles. The molecule has 162 valence electrons. The van der Waals surface area contributed by atoms with Crippen LogP contribution in [0.4, 0.5) is 0 Å². The first-order valence-corrected chi connectivity index (χ1v) is 10.5. The van der Waals surface area contributed by atoms with E-state index >= 15 is 0 Å². The lowest BCUT2D eigenvalue weighted by Crippen LogP contribution is -2.23. The third kappa shape index (κ3) is 6.29. The Hall–Kier alpha value is -2.89. The molecule has 0 bridgehead atoms. The molecule has 0 atom stereocenters. The molecular formula is C24H23Cl2NO4. The van der Waals surface area contributed by atoms with Gasteiger partial charge in [0.15, 0.2) is 0 Å². The van der Waals surface area contributed by atoms with E-state index in [0.717, 1.165) is 16.9 Å². The molecule has 0 unspecified atom stereocenters. The van der Waals surface area contributed by atoms with E-state index in [1.54, 1.807) is 43.5 Å². The zero-order chi connectivity index (χ0) is 22.2. The lowest BCUT2D eigenvalue weighted by atomic mass is 10.1. The highest BCUT2D eigenvalue weighted by molar-refractivity contribution is 6.35. The van der Waals surface area contributed by atoms with Crippen molar-refractivity contribution in [3.05, 3.63) is 87.4 Å². The molecule has 1 amide bonds. The Morgan fingerprint density at radius 3 is 2.32 bits per heavy atom. The molecule has 0 fully saturated rings. The van der Waals surface area contributed by atoms with Gasteiger partial charge in [-0.1, -0.05) is 29.3 Å². The van der Waals surface area contributed by atoms with Crippen molar-refractivity contribution in [3.8, 4) is 17.2 Å². The van der Waals surface area contributed by atoms with Crippen LogP contribution in [-0.4, -0.2) is 19.6 Å². The first-order valence-electron chi connectivity index (χ1n) is 9.75. The van der Waals surface area contributed by atoms with Crippen molar-refractivity contribution >= 4 is 29.1 Å². The van der Waals surface area contributed by atoms with Crippen LogP contribution in [0.3, 0.4) is 0 Å². The fourth-order valence-corrected chi connectivity index (χ4v) is 3.38. The molecule has 0 radical (unpaired) electrons. The van der Waals surface area contributed by atoms with Crippen molar-refractivity contribution in [2.24, 2.45) is 0 Å². The van der Waals surface area contributed by atoms with Crippen LogP contribution < -0.4 is 19.5 Å². The molecular weight excluding hydrogens is 437 g/mol. The number of carbonyl (C=O) groups is 1. The molecule has 0 saturated heterocycles. The Balaban J connectivity index is 1.70. The van der Waals surface area contributed by atoms with Crippen LogP contribution in [0.15, 0.2) is 60.7 Å². The first kappa shape index (κ1) is 22.8. The summed E-state index contributed by atoms with van der Waals surface area (Å²) in [5.74, 6) is 1.89. The van der Waals surface area contributed by atoms with Crippen molar-refractivity contribution < 1.29 is 19.0 Å². The molecule has 0 aromatic heterocycles. The summed E-state index contributed by atoms with van der Waals surface area (Å²) in [5, 5.41) is 3.94. The van der Waals surface area contributed by atoms with Gasteiger partial charge in [0.1, 0.15) is 23.9 Å². The Morgan fingerprint density at radius 1 is 0.903 bits per heavy atom.